The number of hydrogen-bond acceptors (Lipinski definition) is 3. The van der Waals surface area contributed by atoms with Crippen molar-refractivity contribution in [1.29, 1.82) is 0 Å². The minimum absolute atomic E-state index is 0.0115. The number of carbonyl (C=O) groups excluding carboxylic acids is 1. The van der Waals surface area contributed by atoms with Crippen molar-refractivity contribution in [3.8, 4) is 0 Å². The quantitative estimate of drug-likeness (QED) is 0.836. The summed E-state index contributed by atoms with van der Waals surface area (Å²) < 4.78 is 2.38. The fraction of sp³-hybridized carbons (Fsp3) is 0.789. The molecule has 0 radical (unpaired) electrons. The second-order valence-electron chi connectivity index (χ2n) is 8.61. The Morgan fingerprint density at radius 1 is 1.33 bits per heavy atom. The Bertz CT molecular complexity index is 619. The second kappa shape index (κ2) is 5.87. The highest BCUT2D eigenvalue weighted by Gasteiger charge is 2.45. The number of aromatic nitrogens is 2. The highest BCUT2D eigenvalue weighted by Crippen LogP contribution is 2.39. The van der Waals surface area contributed by atoms with Crippen molar-refractivity contribution >= 4 is 5.91 Å². The van der Waals surface area contributed by atoms with Gasteiger partial charge >= 0.3 is 0 Å². The summed E-state index contributed by atoms with van der Waals surface area (Å²) >= 11 is 0. The van der Waals surface area contributed by atoms with Gasteiger partial charge in [0.1, 0.15) is 0 Å². The van der Waals surface area contributed by atoms with Gasteiger partial charge in [-0.25, -0.2) is 4.98 Å². The normalized spacial score (nSPS) is 33.6. The summed E-state index contributed by atoms with van der Waals surface area (Å²) in [6.45, 7) is 10.6. The maximum Gasteiger partial charge on any atom is 0.225 e. The van der Waals surface area contributed by atoms with Crippen LogP contribution in [0.15, 0.2) is 12.5 Å². The lowest BCUT2D eigenvalue weighted by Crippen LogP contribution is -2.61. The zero-order valence-electron chi connectivity index (χ0n) is 15.2. The number of amides is 1. The fourth-order valence-corrected chi connectivity index (χ4v) is 4.94. The predicted molar refractivity (Wildman–Crippen MR) is 93.4 cm³/mol. The van der Waals surface area contributed by atoms with Crippen LogP contribution in [0.1, 0.15) is 52.1 Å². The Morgan fingerprint density at radius 3 is 2.83 bits per heavy atom. The van der Waals surface area contributed by atoms with Gasteiger partial charge in [0.05, 0.1) is 17.6 Å². The van der Waals surface area contributed by atoms with E-state index in [4.69, 9.17) is 0 Å². The molecule has 0 N–H and O–H groups in total. The van der Waals surface area contributed by atoms with Crippen molar-refractivity contribution in [2.24, 2.45) is 11.8 Å². The summed E-state index contributed by atoms with van der Waals surface area (Å²) in [7, 11) is 0. The Kier molecular flexibility index (Phi) is 3.94. The topological polar surface area (TPSA) is 41.4 Å². The molecular weight excluding hydrogens is 300 g/mol. The van der Waals surface area contributed by atoms with Crippen molar-refractivity contribution in [2.75, 3.05) is 19.6 Å². The van der Waals surface area contributed by atoms with Crippen LogP contribution in [0.2, 0.25) is 0 Å². The molecular formula is C19H30N4O. The van der Waals surface area contributed by atoms with Crippen LogP contribution in [-0.4, -0.2) is 50.9 Å². The number of nitrogens with zero attached hydrogens (tertiary/aromatic N) is 4. The Balaban J connectivity index is 1.58. The molecule has 1 unspecified atom stereocenters. The van der Waals surface area contributed by atoms with E-state index >= 15 is 0 Å². The smallest absolute Gasteiger partial charge is 0.225 e. The van der Waals surface area contributed by atoms with Crippen molar-refractivity contribution in [3.63, 3.8) is 0 Å². The van der Waals surface area contributed by atoms with E-state index in [0.717, 1.165) is 57.8 Å². The van der Waals surface area contributed by atoms with E-state index in [9.17, 15) is 4.79 Å². The number of imidazole rings is 1. The minimum atomic E-state index is 0.0115. The average molecular weight is 330 g/mol. The molecule has 4 rings (SSSR count). The van der Waals surface area contributed by atoms with E-state index in [-0.39, 0.29) is 11.5 Å². The number of piperidine rings is 1. The maximum atomic E-state index is 12.9. The van der Waals surface area contributed by atoms with Gasteiger partial charge in [0.2, 0.25) is 5.91 Å². The van der Waals surface area contributed by atoms with E-state index < -0.39 is 0 Å². The van der Waals surface area contributed by atoms with Crippen LogP contribution in [0.5, 0.6) is 0 Å². The molecule has 0 aromatic carbocycles. The lowest BCUT2D eigenvalue weighted by atomic mass is 9.74. The molecule has 132 valence electrons. The van der Waals surface area contributed by atoms with E-state index in [1.165, 1.54) is 5.69 Å². The van der Waals surface area contributed by atoms with Gasteiger partial charge in [-0.05, 0) is 45.4 Å². The molecule has 2 aliphatic heterocycles. The van der Waals surface area contributed by atoms with E-state index in [1.807, 2.05) is 12.5 Å². The van der Waals surface area contributed by atoms with E-state index in [0.29, 0.717) is 11.9 Å². The third-order valence-corrected chi connectivity index (χ3v) is 6.41. The van der Waals surface area contributed by atoms with E-state index in [1.54, 1.807) is 0 Å². The standard InChI is InChI=1S/C19H30N4O/c1-14(2)22-10-17-9-20-13-23(17)19(12-22)5-4-6-21(11-19)18(24)16-7-15(3)8-16/h9,13-16H,4-8,10-12H2,1-3H3. The number of likely N-dealkylation sites (tertiary alicyclic amines) is 1. The third kappa shape index (κ3) is 2.57. The lowest BCUT2D eigenvalue weighted by molar-refractivity contribution is -0.143. The molecule has 1 aromatic rings. The molecule has 0 bridgehead atoms. The van der Waals surface area contributed by atoms with Gasteiger partial charge < -0.3 is 9.47 Å². The number of fused-ring (bicyclic) bond motifs is 2. The zero-order valence-corrected chi connectivity index (χ0v) is 15.2. The predicted octanol–water partition coefficient (Wildman–Crippen LogP) is 2.47. The van der Waals surface area contributed by atoms with Gasteiger partial charge in [-0.1, -0.05) is 6.92 Å². The van der Waals surface area contributed by atoms with Crippen LogP contribution in [0.4, 0.5) is 0 Å². The van der Waals surface area contributed by atoms with Gasteiger partial charge in [0, 0.05) is 44.3 Å². The van der Waals surface area contributed by atoms with Crippen molar-refractivity contribution < 1.29 is 4.79 Å². The zero-order chi connectivity index (χ0) is 16.9. The number of hydrogen-bond donors (Lipinski definition) is 0. The van der Waals surface area contributed by atoms with Crippen molar-refractivity contribution in [1.82, 2.24) is 19.4 Å². The monoisotopic (exact) mass is 330 g/mol. The Hall–Kier alpha value is -1.36. The summed E-state index contributed by atoms with van der Waals surface area (Å²) in [6, 6.07) is 0.518. The highest BCUT2D eigenvalue weighted by atomic mass is 16.2. The first-order valence-electron chi connectivity index (χ1n) is 9.53. The minimum Gasteiger partial charge on any atom is -0.340 e. The van der Waals surface area contributed by atoms with Crippen LogP contribution < -0.4 is 0 Å². The van der Waals surface area contributed by atoms with Crippen molar-refractivity contribution in [3.05, 3.63) is 18.2 Å². The van der Waals surface area contributed by atoms with Gasteiger partial charge in [-0.3, -0.25) is 9.69 Å². The Labute approximate surface area is 145 Å². The molecule has 1 saturated carbocycles. The first-order valence-corrected chi connectivity index (χ1v) is 9.53. The van der Waals surface area contributed by atoms with Crippen LogP contribution in [0.3, 0.4) is 0 Å². The van der Waals surface area contributed by atoms with Crippen LogP contribution in [0, 0.1) is 11.8 Å². The van der Waals surface area contributed by atoms with Gasteiger partial charge in [0.25, 0.3) is 0 Å². The maximum absolute atomic E-state index is 12.9. The summed E-state index contributed by atoms with van der Waals surface area (Å²) in [6.07, 6.45) is 8.40. The molecule has 1 atom stereocenters. The molecule has 1 saturated heterocycles. The molecule has 1 amide bonds. The molecule has 1 aliphatic carbocycles. The van der Waals surface area contributed by atoms with Crippen LogP contribution in [0.25, 0.3) is 0 Å². The van der Waals surface area contributed by atoms with Crippen LogP contribution in [-0.2, 0) is 16.9 Å². The summed E-state index contributed by atoms with van der Waals surface area (Å²) in [5.74, 6) is 1.40. The third-order valence-electron chi connectivity index (χ3n) is 6.41. The lowest BCUT2D eigenvalue weighted by Gasteiger charge is -2.51. The van der Waals surface area contributed by atoms with Gasteiger partial charge in [0.15, 0.2) is 0 Å². The highest BCUT2D eigenvalue weighted by molar-refractivity contribution is 5.80. The summed E-state index contributed by atoms with van der Waals surface area (Å²) in [5.41, 5.74) is 1.30. The largest absolute Gasteiger partial charge is 0.340 e. The number of rotatable bonds is 2. The van der Waals surface area contributed by atoms with Gasteiger partial charge in [-0.2, -0.15) is 0 Å². The van der Waals surface area contributed by atoms with Gasteiger partial charge in [-0.15, -0.1) is 0 Å². The SMILES string of the molecule is CC1CC(C(=O)N2CCCC3(C2)CN(C(C)C)Cc2cncn23)C1. The fourth-order valence-electron chi connectivity index (χ4n) is 4.94. The van der Waals surface area contributed by atoms with Crippen LogP contribution >= 0.6 is 0 Å². The first kappa shape index (κ1) is 16.1. The molecule has 2 fully saturated rings. The molecule has 1 spiro atoms. The second-order valence-corrected chi connectivity index (χ2v) is 8.61. The molecule has 1 aromatic heterocycles. The summed E-state index contributed by atoms with van der Waals surface area (Å²) in [5, 5.41) is 0. The average Bonchev–Trinajstić information content (AvgIpc) is 3.01. The molecule has 24 heavy (non-hydrogen) atoms. The molecule has 5 heteroatoms. The van der Waals surface area contributed by atoms with E-state index in [2.05, 4.69) is 40.1 Å². The molecule has 3 heterocycles. The first-order chi connectivity index (χ1) is 11.5. The number of carbonyl (C=O) groups is 1. The Morgan fingerprint density at radius 2 is 2.12 bits per heavy atom. The molecule has 5 nitrogen and oxygen atoms in total. The molecule has 3 aliphatic rings. The summed E-state index contributed by atoms with van der Waals surface area (Å²) in [4.78, 5) is 22.0. The van der Waals surface area contributed by atoms with Crippen molar-refractivity contribution in [2.45, 2.75) is 64.6 Å².